The zero-order chi connectivity index (χ0) is 23.8. The molecule has 2 N–H and O–H groups in total. The van der Waals surface area contributed by atoms with E-state index in [1.165, 1.54) is 18.2 Å². The topological polar surface area (TPSA) is 140 Å². The maximum atomic E-state index is 12.8. The summed E-state index contributed by atoms with van der Waals surface area (Å²) in [4.78, 5) is 61.9. The summed E-state index contributed by atoms with van der Waals surface area (Å²) in [6.07, 6.45) is 0.120. The van der Waals surface area contributed by atoms with Crippen molar-refractivity contribution >= 4 is 57.8 Å². The molecule has 1 atom stereocenters. The van der Waals surface area contributed by atoms with Gasteiger partial charge in [-0.05, 0) is 24.6 Å². The van der Waals surface area contributed by atoms with Crippen molar-refractivity contribution in [2.24, 2.45) is 0 Å². The maximum Gasteiger partial charge on any atom is 0.262 e. The summed E-state index contributed by atoms with van der Waals surface area (Å²) in [7, 11) is 0. The van der Waals surface area contributed by atoms with Crippen LogP contribution in [-0.4, -0.2) is 84.5 Å². The Morgan fingerprint density at radius 3 is 2.36 bits per heavy atom. The summed E-state index contributed by atoms with van der Waals surface area (Å²) in [6, 6.07) is 3.26. The fourth-order valence-electron chi connectivity index (χ4n) is 3.41. The van der Waals surface area contributed by atoms with Crippen LogP contribution in [0.25, 0.3) is 0 Å². The minimum Gasteiger partial charge on any atom is -0.378 e. The average Bonchev–Trinajstić information content (AvgIpc) is 3.02. The predicted molar refractivity (Wildman–Crippen MR) is 123 cm³/mol. The number of amides is 5. The number of ether oxygens (including phenoxy) is 3. The van der Waals surface area contributed by atoms with Gasteiger partial charge in [0.2, 0.25) is 17.7 Å². The highest BCUT2D eigenvalue weighted by Gasteiger charge is 2.44. The van der Waals surface area contributed by atoms with Crippen LogP contribution in [0.5, 0.6) is 0 Å². The molecule has 1 unspecified atom stereocenters. The van der Waals surface area contributed by atoms with Crippen LogP contribution in [0.2, 0.25) is 0 Å². The number of fused-ring (bicyclic) bond motifs is 1. The highest BCUT2D eigenvalue weighted by Crippen LogP contribution is 2.29. The molecule has 1 aromatic carbocycles. The third-order valence-corrected chi connectivity index (χ3v) is 5.36. The van der Waals surface area contributed by atoms with E-state index in [0.717, 1.165) is 9.33 Å². The molecular formula is C21H24IN3O8. The third-order valence-electron chi connectivity index (χ3n) is 4.92. The molecule has 3 rings (SSSR count). The molecule has 1 aromatic rings. The molecule has 12 heteroatoms. The first-order valence-electron chi connectivity index (χ1n) is 10.4. The Morgan fingerprint density at radius 2 is 1.67 bits per heavy atom. The van der Waals surface area contributed by atoms with E-state index < -0.39 is 35.6 Å². The van der Waals surface area contributed by atoms with Crippen LogP contribution in [0.4, 0.5) is 5.69 Å². The lowest BCUT2D eigenvalue weighted by Crippen LogP contribution is -2.54. The molecule has 0 saturated carbocycles. The van der Waals surface area contributed by atoms with Crippen molar-refractivity contribution < 1.29 is 38.2 Å². The number of rotatable bonds is 12. The van der Waals surface area contributed by atoms with Gasteiger partial charge in [0.05, 0.1) is 44.2 Å². The molecule has 33 heavy (non-hydrogen) atoms. The van der Waals surface area contributed by atoms with E-state index in [1.807, 2.05) is 0 Å². The lowest BCUT2D eigenvalue weighted by molar-refractivity contribution is -0.136. The molecule has 2 aliphatic heterocycles. The standard InChI is InChI=1S/C21H24IN3O8/c22-5-6-31-7-8-32-9-10-33-12-18(27)23-13-1-2-14-15(11-13)21(30)25(20(14)29)16-3-4-17(26)24-19(16)28/h1-2,11,16H,3-10,12H2,(H,23,27)(H,24,26,28). The van der Waals surface area contributed by atoms with Crippen LogP contribution in [0, 0.1) is 0 Å². The van der Waals surface area contributed by atoms with Gasteiger partial charge in [-0.3, -0.25) is 34.2 Å². The van der Waals surface area contributed by atoms with E-state index in [9.17, 15) is 24.0 Å². The quantitative estimate of drug-likeness (QED) is 0.160. The number of anilines is 1. The number of imide groups is 2. The van der Waals surface area contributed by atoms with Crippen molar-refractivity contribution in [2.45, 2.75) is 18.9 Å². The molecule has 2 aliphatic rings. The molecule has 178 valence electrons. The second-order valence-electron chi connectivity index (χ2n) is 7.22. The van der Waals surface area contributed by atoms with E-state index in [0.29, 0.717) is 32.1 Å². The number of nitrogens with one attached hydrogen (secondary N) is 2. The number of nitrogens with zero attached hydrogens (tertiary/aromatic N) is 1. The number of carbonyl (C=O) groups is 5. The van der Waals surface area contributed by atoms with Crippen LogP contribution < -0.4 is 10.6 Å². The molecular weight excluding hydrogens is 549 g/mol. The van der Waals surface area contributed by atoms with Gasteiger partial charge in [0.15, 0.2) is 0 Å². The van der Waals surface area contributed by atoms with Gasteiger partial charge < -0.3 is 19.5 Å². The molecule has 11 nitrogen and oxygen atoms in total. The van der Waals surface area contributed by atoms with Crippen molar-refractivity contribution in [3.8, 4) is 0 Å². The summed E-state index contributed by atoms with van der Waals surface area (Å²) in [5.74, 6) is -2.79. The Bertz CT molecular complexity index is 938. The van der Waals surface area contributed by atoms with Crippen LogP contribution in [0.15, 0.2) is 18.2 Å². The van der Waals surface area contributed by atoms with Gasteiger partial charge in [0, 0.05) is 16.5 Å². The largest absolute Gasteiger partial charge is 0.378 e. The van der Waals surface area contributed by atoms with Crippen LogP contribution in [0.3, 0.4) is 0 Å². The predicted octanol–water partition coefficient (Wildman–Crippen LogP) is 0.511. The van der Waals surface area contributed by atoms with Crippen molar-refractivity contribution in [1.82, 2.24) is 10.2 Å². The highest BCUT2D eigenvalue weighted by molar-refractivity contribution is 14.1. The number of benzene rings is 1. The first kappa shape index (κ1) is 25.2. The minimum absolute atomic E-state index is 0.0442. The first-order chi connectivity index (χ1) is 15.9. The number of alkyl halides is 1. The number of hydrogen-bond acceptors (Lipinski definition) is 8. The monoisotopic (exact) mass is 573 g/mol. The number of halogens is 1. The van der Waals surface area contributed by atoms with Gasteiger partial charge in [-0.2, -0.15) is 0 Å². The molecule has 1 saturated heterocycles. The summed E-state index contributed by atoms with van der Waals surface area (Å²) in [5.41, 5.74) is 0.539. The molecule has 1 fully saturated rings. The van der Waals surface area contributed by atoms with Crippen molar-refractivity contribution in [1.29, 1.82) is 0 Å². The second kappa shape index (κ2) is 12.2. The number of carbonyl (C=O) groups excluding carboxylic acids is 5. The van der Waals surface area contributed by atoms with E-state index in [4.69, 9.17) is 14.2 Å². The Hall–Kier alpha value is -2.42. The van der Waals surface area contributed by atoms with Gasteiger partial charge in [-0.15, -0.1) is 0 Å². The normalized spacial score (nSPS) is 17.8. The Kier molecular flexibility index (Phi) is 9.29. The van der Waals surface area contributed by atoms with Gasteiger partial charge >= 0.3 is 0 Å². The summed E-state index contributed by atoms with van der Waals surface area (Å²) in [5, 5.41) is 4.75. The van der Waals surface area contributed by atoms with Crippen molar-refractivity contribution in [3.63, 3.8) is 0 Å². The second-order valence-corrected chi connectivity index (χ2v) is 8.30. The van der Waals surface area contributed by atoms with Gasteiger partial charge in [0.25, 0.3) is 11.8 Å². The summed E-state index contributed by atoms with van der Waals surface area (Å²) < 4.78 is 16.8. The van der Waals surface area contributed by atoms with E-state index in [1.54, 1.807) is 0 Å². The lowest BCUT2D eigenvalue weighted by Gasteiger charge is -2.27. The van der Waals surface area contributed by atoms with Crippen molar-refractivity contribution in [2.75, 3.05) is 49.4 Å². The minimum atomic E-state index is -1.04. The fraction of sp³-hybridized carbons (Fsp3) is 0.476. The number of hydrogen-bond donors (Lipinski definition) is 2. The highest BCUT2D eigenvalue weighted by atomic mass is 127. The first-order valence-corrected chi connectivity index (χ1v) is 11.9. The van der Waals surface area contributed by atoms with E-state index in [2.05, 4.69) is 33.2 Å². The molecule has 0 spiro atoms. The molecule has 2 heterocycles. The van der Waals surface area contributed by atoms with Gasteiger partial charge in [-0.1, -0.05) is 22.6 Å². The van der Waals surface area contributed by atoms with Gasteiger partial charge in [0.1, 0.15) is 12.6 Å². The Morgan fingerprint density at radius 1 is 1.00 bits per heavy atom. The average molecular weight is 573 g/mol. The molecule has 0 bridgehead atoms. The summed E-state index contributed by atoms with van der Waals surface area (Å²) in [6.45, 7) is 1.98. The van der Waals surface area contributed by atoms with Crippen LogP contribution >= 0.6 is 22.6 Å². The van der Waals surface area contributed by atoms with E-state index in [-0.39, 0.29) is 37.2 Å². The fourth-order valence-corrected chi connectivity index (χ4v) is 3.72. The van der Waals surface area contributed by atoms with Gasteiger partial charge in [-0.25, -0.2) is 0 Å². The Balaban J connectivity index is 1.47. The SMILES string of the molecule is O=C1CCC(N2C(=O)c3ccc(NC(=O)COCCOCCOCCI)cc3C2=O)C(=O)N1. The Labute approximate surface area is 203 Å². The summed E-state index contributed by atoms with van der Waals surface area (Å²) >= 11 is 2.22. The van der Waals surface area contributed by atoms with Crippen LogP contribution in [0.1, 0.15) is 33.6 Å². The van der Waals surface area contributed by atoms with E-state index >= 15 is 0 Å². The zero-order valence-electron chi connectivity index (χ0n) is 17.8. The number of piperidine rings is 1. The molecule has 0 aliphatic carbocycles. The van der Waals surface area contributed by atoms with Crippen LogP contribution in [-0.2, 0) is 28.6 Å². The molecule has 0 aromatic heterocycles. The lowest BCUT2D eigenvalue weighted by atomic mass is 10.0. The molecule has 0 radical (unpaired) electrons. The smallest absolute Gasteiger partial charge is 0.262 e. The zero-order valence-corrected chi connectivity index (χ0v) is 19.9. The molecule has 5 amide bonds. The van der Waals surface area contributed by atoms with Crippen molar-refractivity contribution in [3.05, 3.63) is 29.3 Å². The maximum absolute atomic E-state index is 12.8. The third kappa shape index (κ3) is 6.56.